The molecule has 1 aliphatic heterocycles. The molecule has 1 saturated heterocycles. The molecule has 2 aromatic carbocycles. The lowest BCUT2D eigenvalue weighted by Crippen LogP contribution is -2.30. The lowest BCUT2D eigenvalue weighted by Gasteiger charge is -2.19. The van der Waals surface area contributed by atoms with Crippen LogP contribution in [-0.4, -0.2) is 16.8 Å². The summed E-state index contributed by atoms with van der Waals surface area (Å²) in [4.78, 5) is 31.6. The monoisotopic (exact) mass is 376 g/mol. The van der Waals surface area contributed by atoms with Crippen molar-refractivity contribution in [3.05, 3.63) is 48.0 Å². The molecule has 2 aliphatic rings. The van der Waals surface area contributed by atoms with Gasteiger partial charge in [0, 0.05) is 5.56 Å². The SMILES string of the molecule is Cc1ccc2nc(-c3ccc(N4C(=O)[C@@H]5CCCC[C@H]5C4=O)cc3)sc2c1. The second kappa shape index (κ2) is 6.27. The van der Waals surface area contributed by atoms with Crippen LogP contribution in [-0.2, 0) is 9.59 Å². The lowest BCUT2D eigenvalue weighted by molar-refractivity contribution is -0.122. The van der Waals surface area contributed by atoms with Gasteiger partial charge in [-0.25, -0.2) is 4.98 Å². The van der Waals surface area contributed by atoms with Gasteiger partial charge in [0.1, 0.15) is 5.01 Å². The molecule has 4 nitrogen and oxygen atoms in total. The van der Waals surface area contributed by atoms with E-state index in [1.165, 1.54) is 15.2 Å². The Balaban J connectivity index is 1.46. The molecule has 136 valence electrons. The fourth-order valence-corrected chi connectivity index (χ4v) is 5.39. The van der Waals surface area contributed by atoms with E-state index < -0.39 is 0 Å². The van der Waals surface area contributed by atoms with Crippen LogP contribution in [0.15, 0.2) is 42.5 Å². The van der Waals surface area contributed by atoms with E-state index in [-0.39, 0.29) is 23.7 Å². The van der Waals surface area contributed by atoms with Crippen molar-refractivity contribution in [1.29, 1.82) is 0 Å². The topological polar surface area (TPSA) is 50.3 Å². The second-order valence-electron chi connectivity index (χ2n) is 7.55. The van der Waals surface area contributed by atoms with Gasteiger partial charge < -0.3 is 0 Å². The van der Waals surface area contributed by atoms with Gasteiger partial charge in [0.2, 0.25) is 11.8 Å². The summed E-state index contributed by atoms with van der Waals surface area (Å²) in [7, 11) is 0. The first-order valence-electron chi connectivity index (χ1n) is 9.47. The number of benzene rings is 2. The molecule has 1 aromatic heterocycles. The molecule has 2 amide bonds. The summed E-state index contributed by atoms with van der Waals surface area (Å²) >= 11 is 1.66. The molecule has 0 unspecified atom stereocenters. The summed E-state index contributed by atoms with van der Waals surface area (Å²) in [5.41, 5.74) is 3.91. The van der Waals surface area contributed by atoms with Gasteiger partial charge in [-0.3, -0.25) is 14.5 Å². The van der Waals surface area contributed by atoms with Gasteiger partial charge >= 0.3 is 0 Å². The minimum absolute atomic E-state index is 0.0205. The van der Waals surface area contributed by atoms with Crippen molar-refractivity contribution in [2.24, 2.45) is 11.8 Å². The Morgan fingerprint density at radius 1 is 0.963 bits per heavy atom. The maximum atomic E-state index is 12.7. The Kier molecular flexibility index (Phi) is 3.86. The van der Waals surface area contributed by atoms with Crippen LogP contribution in [0, 0.1) is 18.8 Å². The molecule has 5 heteroatoms. The summed E-state index contributed by atoms with van der Waals surface area (Å²) < 4.78 is 1.17. The largest absolute Gasteiger partial charge is 0.274 e. The number of anilines is 1. The number of aryl methyl sites for hydroxylation is 1. The molecule has 0 bridgehead atoms. The van der Waals surface area contributed by atoms with Gasteiger partial charge in [0.15, 0.2) is 0 Å². The Morgan fingerprint density at radius 2 is 1.63 bits per heavy atom. The molecule has 0 N–H and O–H groups in total. The van der Waals surface area contributed by atoms with Crippen molar-refractivity contribution in [2.75, 3.05) is 4.90 Å². The summed E-state index contributed by atoms with van der Waals surface area (Å²) in [6.07, 6.45) is 3.78. The minimum Gasteiger partial charge on any atom is -0.274 e. The van der Waals surface area contributed by atoms with E-state index >= 15 is 0 Å². The molecule has 0 radical (unpaired) electrons. The van der Waals surface area contributed by atoms with Crippen LogP contribution in [0.4, 0.5) is 5.69 Å². The lowest BCUT2D eigenvalue weighted by atomic mass is 9.81. The molecule has 1 aliphatic carbocycles. The van der Waals surface area contributed by atoms with Crippen molar-refractivity contribution in [1.82, 2.24) is 4.98 Å². The fourth-order valence-electron chi connectivity index (χ4n) is 4.33. The molecule has 2 fully saturated rings. The fraction of sp³-hybridized carbons (Fsp3) is 0.318. The van der Waals surface area contributed by atoms with Gasteiger partial charge in [0.25, 0.3) is 0 Å². The van der Waals surface area contributed by atoms with Crippen molar-refractivity contribution in [3.63, 3.8) is 0 Å². The number of nitrogens with zero attached hydrogens (tertiary/aromatic N) is 2. The Labute approximate surface area is 161 Å². The summed E-state index contributed by atoms with van der Waals surface area (Å²) in [5.74, 6) is -0.266. The zero-order valence-corrected chi connectivity index (χ0v) is 16.0. The molecular formula is C22H20N2O2S. The van der Waals surface area contributed by atoms with Crippen LogP contribution < -0.4 is 4.90 Å². The Bertz CT molecular complexity index is 1030. The minimum atomic E-state index is -0.113. The summed E-state index contributed by atoms with van der Waals surface area (Å²) in [6.45, 7) is 2.08. The smallest absolute Gasteiger partial charge is 0.237 e. The number of fused-ring (bicyclic) bond motifs is 2. The van der Waals surface area contributed by atoms with Gasteiger partial charge in [-0.2, -0.15) is 0 Å². The average molecular weight is 376 g/mol. The maximum Gasteiger partial charge on any atom is 0.237 e. The third-order valence-electron chi connectivity index (χ3n) is 5.76. The van der Waals surface area contributed by atoms with Gasteiger partial charge in [-0.05, 0) is 61.7 Å². The number of carbonyl (C=O) groups is 2. The Morgan fingerprint density at radius 3 is 2.30 bits per heavy atom. The molecule has 5 rings (SSSR count). The van der Waals surface area contributed by atoms with Crippen LogP contribution in [0.1, 0.15) is 31.2 Å². The predicted molar refractivity (Wildman–Crippen MR) is 108 cm³/mol. The molecule has 3 aromatic rings. The number of imide groups is 1. The maximum absolute atomic E-state index is 12.7. The van der Waals surface area contributed by atoms with Gasteiger partial charge in [0.05, 0.1) is 27.7 Å². The number of carbonyl (C=O) groups excluding carboxylic acids is 2. The highest BCUT2D eigenvalue weighted by Crippen LogP contribution is 2.40. The number of rotatable bonds is 2. The van der Waals surface area contributed by atoms with Crippen LogP contribution in [0.2, 0.25) is 0 Å². The van der Waals surface area contributed by atoms with Crippen LogP contribution in [0.5, 0.6) is 0 Å². The summed E-state index contributed by atoms with van der Waals surface area (Å²) in [5, 5.41) is 0.954. The zero-order chi connectivity index (χ0) is 18.5. The van der Waals surface area contributed by atoms with Crippen LogP contribution in [0.3, 0.4) is 0 Å². The molecule has 0 spiro atoms. The highest BCUT2D eigenvalue weighted by molar-refractivity contribution is 7.21. The predicted octanol–water partition coefficient (Wildman–Crippen LogP) is 4.95. The zero-order valence-electron chi connectivity index (χ0n) is 15.1. The van der Waals surface area contributed by atoms with E-state index in [4.69, 9.17) is 4.98 Å². The third kappa shape index (κ3) is 2.69. The number of hydrogen-bond acceptors (Lipinski definition) is 4. The van der Waals surface area contributed by atoms with E-state index in [9.17, 15) is 9.59 Å². The first-order chi connectivity index (χ1) is 13.1. The van der Waals surface area contributed by atoms with Crippen molar-refractivity contribution in [3.8, 4) is 10.6 Å². The van der Waals surface area contributed by atoms with Crippen molar-refractivity contribution in [2.45, 2.75) is 32.6 Å². The second-order valence-corrected chi connectivity index (χ2v) is 8.58. The number of thiazole rings is 1. The van der Waals surface area contributed by atoms with E-state index in [1.807, 2.05) is 30.3 Å². The number of hydrogen-bond donors (Lipinski definition) is 0. The highest BCUT2D eigenvalue weighted by atomic mass is 32.1. The van der Waals surface area contributed by atoms with Crippen molar-refractivity contribution >= 4 is 39.1 Å². The standard InChI is InChI=1S/C22H20N2O2S/c1-13-6-11-18-19(12-13)27-20(23-18)14-7-9-15(10-8-14)24-21(25)16-4-2-3-5-17(16)22(24)26/h6-12,16-17H,2-5H2,1H3/t16-,17-/m1/s1. The molecule has 2 heterocycles. The first-order valence-corrected chi connectivity index (χ1v) is 10.3. The highest BCUT2D eigenvalue weighted by Gasteiger charge is 2.48. The number of aromatic nitrogens is 1. The van der Waals surface area contributed by atoms with Gasteiger partial charge in [-0.1, -0.05) is 18.9 Å². The summed E-state index contributed by atoms with van der Waals surface area (Å²) in [6, 6.07) is 13.9. The normalized spacial score (nSPS) is 22.5. The number of amides is 2. The average Bonchev–Trinajstić information content (AvgIpc) is 3.21. The van der Waals surface area contributed by atoms with Gasteiger partial charge in [-0.15, -0.1) is 11.3 Å². The molecular weight excluding hydrogens is 356 g/mol. The molecule has 2 atom stereocenters. The Hall–Kier alpha value is -2.53. The third-order valence-corrected chi connectivity index (χ3v) is 6.82. The first kappa shape index (κ1) is 16.6. The van der Waals surface area contributed by atoms with Crippen LogP contribution in [0.25, 0.3) is 20.8 Å². The van der Waals surface area contributed by atoms with E-state index in [0.717, 1.165) is 41.8 Å². The van der Waals surface area contributed by atoms with Crippen molar-refractivity contribution < 1.29 is 9.59 Å². The molecule has 27 heavy (non-hydrogen) atoms. The van der Waals surface area contributed by atoms with E-state index in [2.05, 4.69) is 19.1 Å². The molecule has 1 saturated carbocycles. The van der Waals surface area contributed by atoms with Crippen LogP contribution >= 0.6 is 11.3 Å². The van der Waals surface area contributed by atoms with E-state index in [0.29, 0.717) is 5.69 Å². The quantitative estimate of drug-likeness (QED) is 0.595. The van der Waals surface area contributed by atoms with E-state index in [1.54, 1.807) is 11.3 Å².